The van der Waals surface area contributed by atoms with Gasteiger partial charge in [0.2, 0.25) is 0 Å². The molecule has 0 aromatic heterocycles. The summed E-state index contributed by atoms with van der Waals surface area (Å²) in [5, 5.41) is 0. The second-order valence-corrected chi connectivity index (χ2v) is 6.48. The predicted octanol–water partition coefficient (Wildman–Crippen LogP) is 3.50. The van der Waals surface area contributed by atoms with E-state index in [1.165, 1.54) is 0 Å². The lowest BCUT2D eigenvalue weighted by molar-refractivity contribution is -0.169. The summed E-state index contributed by atoms with van der Waals surface area (Å²) in [5.41, 5.74) is -0.509. The Balaban J connectivity index is 2.16. The molecule has 1 fully saturated rings. The molecule has 5 nitrogen and oxygen atoms in total. The van der Waals surface area contributed by atoms with E-state index in [-0.39, 0.29) is 6.61 Å². The lowest BCUT2D eigenvalue weighted by Gasteiger charge is -2.33. The van der Waals surface area contributed by atoms with Crippen molar-refractivity contribution < 1.29 is 18.8 Å². The summed E-state index contributed by atoms with van der Waals surface area (Å²) in [5.74, 6) is -0.463. The second-order valence-electron chi connectivity index (χ2n) is 6.48. The molecule has 1 aliphatic rings. The Bertz CT molecular complexity index is 684. The van der Waals surface area contributed by atoms with Crippen molar-refractivity contribution in [2.24, 2.45) is 4.99 Å². The van der Waals surface area contributed by atoms with Gasteiger partial charge in [-0.15, -0.1) is 0 Å². The average molecular weight is 341 g/mol. The first-order valence-electron chi connectivity index (χ1n) is 8.19. The SMILES string of the molecule is C=N/C=C(\C=C/C)B1OC(C)(C)C(C)(C(=O)OCc2ccccc2)O1. The molecular weight excluding hydrogens is 317 g/mol. The molecule has 1 aliphatic heterocycles. The number of benzene rings is 1. The van der Waals surface area contributed by atoms with Crippen LogP contribution in [0.25, 0.3) is 0 Å². The molecule has 1 unspecified atom stereocenters. The monoisotopic (exact) mass is 341 g/mol. The Hall–Kier alpha value is -2.18. The highest BCUT2D eigenvalue weighted by atomic mass is 16.7. The van der Waals surface area contributed by atoms with Crippen LogP contribution >= 0.6 is 0 Å². The van der Waals surface area contributed by atoms with Crippen LogP contribution in [0, 0.1) is 0 Å². The van der Waals surface area contributed by atoms with Gasteiger partial charge in [-0.3, -0.25) is 4.99 Å². The highest BCUT2D eigenvalue weighted by Gasteiger charge is 2.60. The van der Waals surface area contributed by atoms with Gasteiger partial charge in [0.15, 0.2) is 5.60 Å². The third-order valence-corrected chi connectivity index (χ3v) is 4.37. The molecule has 0 N–H and O–H groups in total. The second kappa shape index (κ2) is 7.80. The molecule has 0 spiro atoms. The Morgan fingerprint density at radius 2 is 1.96 bits per heavy atom. The van der Waals surface area contributed by atoms with Crippen molar-refractivity contribution in [2.75, 3.05) is 0 Å². The number of rotatable bonds is 6. The third-order valence-electron chi connectivity index (χ3n) is 4.37. The van der Waals surface area contributed by atoms with Crippen LogP contribution in [0.4, 0.5) is 0 Å². The molecule has 0 saturated carbocycles. The average Bonchev–Trinajstić information content (AvgIpc) is 2.84. The van der Waals surface area contributed by atoms with E-state index in [0.717, 1.165) is 5.56 Å². The number of hydrogen-bond acceptors (Lipinski definition) is 5. The molecule has 0 amide bonds. The van der Waals surface area contributed by atoms with Crippen molar-refractivity contribution in [3.63, 3.8) is 0 Å². The quantitative estimate of drug-likeness (QED) is 0.344. The minimum Gasteiger partial charge on any atom is -0.459 e. The van der Waals surface area contributed by atoms with E-state index in [1.54, 1.807) is 13.1 Å². The van der Waals surface area contributed by atoms with Crippen LogP contribution in [-0.4, -0.2) is 31.0 Å². The fourth-order valence-corrected chi connectivity index (χ4v) is 2.53. The number of allylic oxidation sites excluding steroid dienone is 3. The van der Waals surface area contributed by atoms with Gasteiger partial charge in [-0.1, -0.05) is 42.5 Å². The zero-order valence-electron chi connectivity index (χ0n) is 15.2. The van der Waals surface area contributed by atoms with Gasteiger partial charge in [0, 0.05) is 11.7 Å². The minimum atomic E-state index is -1.24. The summed E-state index contributed by atoms with van der Waals surface area (Å²) >= 11 is 0. The number of ether oxygens (including phenoxy) is 1. The highest BCUT2D eigenvalue weighted by molar-refractivity contribution is 6.56. The molecule has 1 aromatic carbocycles. The summed E-state index contributed by atoms with van der Waals surface area (Å²) in [6, 6.07) is 9.51. The van der Waals surface area contributed by atoms with Crippen LogP contribution in [-0.2, 0) is 25.4 Å². The molecule has 6 heteroatoms. The molecule has 0 radical (unpaired) electrons. The van der Waals surface area contributed by atoms with E-state index in [0.29, 0.717) is 5.47 Å². The lowest BCUT2D eigenvalue weighted by atomic mass is 9.78. The maximum Gasteiger partial charge on any atom is 0.496 e. The van der Waals surface area contributed by atoms with E-state index in [9.17, 15) is 4.79 Å². The standard InChI is InChI=1S/C19H24BNO4/c1-6-10-16(13-21-5)20-24-18(2,3)19(4,25-20)17(22)23-14-15-11-8-7-9-12-15/h6-13H,5,14H2,1-4H3/b10-6-,16-13+. The van der Waals surface area contributed by atoms with Gasteiger partial charge in [-0.2, -0.15) is 0 Å². The fraction of sp³-hybridized carbons (Fsp3) is 0.368. The molecule has 1 atom stereocenters. The van der Waals surface area contributed by atoms with Crippen LogP contribution < -0.4 is 0 Å². The van der Waals surface area contributed by atoms with Gasteiger partial charge in [0.25, 0.3) is 0 Å². The Morgan fingerprint density at radius 1 is 1.28 bits per heavy atom. The van der Waals surface area contributed by atoms with Crippen molar-refractivity contribution in [3.8, 4) is 0 Å². The fourth-order valence-electron chi connectivity index (χ4n) is 2.53. The first-order chi connectivity index (χ1) is 11.8. The largest absolute Gasteiger partial charge is 0.496 e. The summed E-state index contributed by atoms with van der Waals surface area (Å²) in [6.45, 7) is 10.8. The van der Waals surface area contributed by atoms with Crippen LogP contribution in [0.2, 0.25) is 0 Å². The zero-order valence-corrected chi connectivity index (χ0v) is 15.2. The summed E-state index contributed by atoms with van der Waals surface area (Å²) in [4.78, 5) is 16.5. The molecule has 132 valence electrons. The van der Waals surface area contributed by atoms with Crippen LogP contribution in [0.5, 0.6) is 0 Å². The van der Waals surface area contributed by atoms with Crippen molar-refractivity contribution in [1.29, 1.82) is 0 Å². The van der Waals surface area contributed by atoms with Gasteiger partial charge in [-0.05, 0) is 40.0 Å². The van der Waals surface area contributed by atoms with Crippen LogP contribution in [0.3, 0.4) is 0 Å². The van der Waals surface area contributed by atoms with E-state index in [2.05, 4.69) is 11.7 Å². The maximum atomic E-state index is 12.7. The number of aliphatic imine (C=N–C) groups is 1. The van der Waals surface area contributed by atoms with Crippen molar-refractivity contribution in [2.45, 2.75) is 45.5 Å². The molecule has 1 aromatic rings. The summed E-state index contributed by atoms with van der Waals surface area (Å²) in [7, 11) is -0.717. The first-order valence-corrected chi connectivity index (χ1v) is 8.19. The molecule has 0 aliphatic carbocycles. The number of hydrogen-bond donors (Lipinski definition) is 0. The topological polar surface area (TPSA) is 57.1 Å². The Labute approximate surface area is 149 Å². The molecule has 1 saturated heterocycles. The van der Waals surface area contributed by atoms with Crippen molar-refractivity contribution in [1.82, 2.24) is 0 Å². The van der Waals surface area contributed by atoms with Crippen LogP contribution in [0.15, 0.2) is 59.1 Å². The van der Waals surface area contributed by atoms with Gasteiger partial charge >= 0.3 is 13.1 Å². The van der Waals surface area contributed by atoms with Gasteiger partial charge in [0.05, 0.1) is 5.60 Å². The lowest BCUT2D eigenvalue weighted by Crippen LogP contribution is -2.52. The Kier molecular flexibility index (Phi) is 5.98. The normalized spacial score (nSPS) is 23.0. The third kappa shape index (κ3) is 4.08. The molecule has 1 heterocycles. The zero-order chi connectivity index (χ0) is 18.5. The summed E-state index contributed by atoms with van der Waals surface area (Å²) < 4.78 is 17.4. The van der Waals surface area contributed by atoms with Crippen molar-refractivity contribution >= 4 is 19.8 Å². The minimum absolute atomic E-state index is 0.186. The smallest absolute Gasteiger partial charge is 0.459 e. The van der Waals surface area contributed by atoms with E-state index in [1.807, 2.05) is 63.3 Å². The predicted molar refractivity (Wildman–Crippen MR) is 99.1 cm³/mol. The number of esters is 1. The number of carbonyl (C=O) groups is 1. The molecule has 25 heavy (non-hydrogen) atoms. The maximum absolute atomic E-state index is 12.7. The highest BCUT2D eigenvalue weighted by Crippen LogP contribution is 2.40. The molecule has 2 rings (SSSR count). The van der Waals surface area contributed by atoms with E-state index in [4.69, 9.17) is 14.0 Å². The molecule has 0 bridgehead atoms. The first kappa shape index (κ1) is 19.2. The molecular formula is C19H24BNO4. The number of carbonyl (C=O) groups excluding carboxylic acids is 1. The van der Waals surface area contributed by atoms with Crippen molar-refractivity contribution in [3.05, 3.63) is 59.7 Å². The summed E-state index contributed by atoms with van der Waals surface area (Å²) in [6.07, 6.45) is 5.22. The van der Waals surface area contributed by atoms with Gasteiger partial charge in [0.1, 0.15) is 6.61 Å². The van der Waals surface area contributed by atoms with Gasteiger partial charge < -0.3 is 14.0 Å². The van der Waals surface area contributed by atoms with E-state index >= 15 is 0 Å². The number of nitrogens with zero attached hydrogens (tertiary/aromatic N) is 1. The Morgan fingerprint density at radius 3 is 2.56 bits per heavy atom. The van der Waals surface area contributed by atoms with E-state index < -0.39 is 24.3 Å². The van der Waals surface area contributed by atoms with Gasteiger partial charge in [-0.25, -0.2) is 4.79 Å². The van der Waals surface area contributed by atoms with Crippen LogP contribution in [0.1, 0.15) is 33.3 Å².